The molecule has 4 aromatic heterocycles. The van der Waals surface area contributed by atoms with Gasteiger partial charge < -0.3 is 14.6 Å². The molecule has 2 aliphatic rings. The van der Waals surface area contributed by atoms with Gasteiger partial charge in [-0.1, -0.05) is 17.7 Å². The van der Waals surface area contributed by atoms with E-state index in [0.29, 0.717) is 6.54 Å². The Labute approximate surface area is 193 Å². The van der Waals surface area contributed by atoms with Crippen LogP contribution in [0.2, 0.25) is 0 Å². The van der Waals surface area contributed by atoms with Gasteiger partial charge in [-0.2, -0.15) is 0 Å². The largest absolute Gasteiger partial charge is 0.370 e. The lowest BCUT2D eigenvalue weighted by molar-refractivity contribution is 0.301. The SMILES string of the molecule is c1cc2nc(Cn3cc(-c4cncc(N5CCCC5)c4)nn3)cn2cc1CNCC1CCC1. The van der Waals surface area contributed by atoms with Crippen LogP contribution in [0, 0.1) is 5.92 Å². The molecule has 0 bridgehead atoms. The van der Waals surface area contributed by atoms with E-state index in [1.54, 1.807) is 0 Å². The highest BCUT2D eigenvalue weighted by Crippen LogP contribution is 2.26. The monoisotopic (exact) mass is 442 g/mol. The molecule has 0 spiro atoms. The minimum Gasteiger partial charge on any atom is -0.370 e. The summed E-state index contributed by atoms with van der Waals surface area (Å²) in [6.45, 7) is 4.81. The molecule has 2 fully saturated rings. The van der Waals surface area contributed by atoms with Crippen LogP contribution in [0.15, 0.2) is 49.2 Å². The van der Waals surface area contributed by atoms with Crippen molar-refractivity contribution < 1.29 is 0 Å². The van der Waals surface area contributed by atoms with Crippen LogP contribution in [0.3, 0.4) is 0 Å². The summed E-state index contributed by atoms with van der Waals surface area (Å²) in [7, 11) is 0. The van der Waals surface area contributed by atoms with Gasteiger partial charge in [-0.3, -0.25) is 4.98 Å². The van der Waals surface area contributed by atoms with Gasteiger partial charge in [0.25, 0.3) is 0 Å². The molecule has 1 aliphatic carbocycles. The Morgan fingerprint density at radius 1 is 1.00 bits per heavy atom. The zero-order valence-corrected chi connectivity index (χ0v) is 18.9. The Morgan fingerprint density at radius 3 is 2.76 bits per heavy atom. The number of hydrogen-bond donors (Lipinski definition) is 1. The molecule has 8 nitrogen and oxygen atoms in total. The fourth-order valence-electron chi connectivity index (χ4n) is 4.78. The van der Waals surface area contributed by atoms with E-state index in [-0.39, 0.29) is 0 Å². The van der Waals surface area contributed by atoms with Gasteiger partial charge in [0.05, 0.1) is 30.3 Å². The van der Waals surface area contributed by atoms with Gasteiger partial charge in [0.1, 0.15) is 11.3 Å². The number of nitrogens with zero attached hydrogens (tertiary/aromatic N) is 7. The summed E-state index contributed by atoms with van der Waals surface area (Å²) >= 11 is 0. The average molecular weight is 443 g/mol. The molecule has 0 atom stereocenters. The summed E-state index contributed by atoms with van der Waals surface area (Å²) < 4.78 is 3.96. The third kappa shape index (κ3) is 4.48. The van der Waals surface area contributed by atoms with Gasteiger partial charge in [0.15, 0.2) is 0 Å². The van der Waals surface area contributed by atoms with E-state index in [1.807, 2.05) is 23.3 Å². The second kappa shape index (κ2) is 8.94. The van der Waals surface area contributed by atoms with Crippen molar-refractivity contribution in [1.82, 2.24) is 34.7 Å². The first-order chi connectivity index (χ1) is 16.3. The molecule has 0 radical (unpaired) electrons. The molecule has 1 N–H and O–H groups in total. The molecule has 1 aliphatic heterocycles. The van der Waals surface area contributed by atoms with E-state index in [0.717, 1.165) is 60.4 Å². The summed E-state index contributed by atoms with van der Waals surface area (Å²) in [5.74, 6) is 0.875. The molecule has 170 valence electrons. The van der Waals surface area contributed by atoms with Crippen molar-refractivity contribution in [3.05, 3.63) is 60.4 Å². The molecule has 0 unspecified atom stereocenters. The minimum atomic E-state index is 0.586. The second-order valence-electron chi connectivity index (χ2n) is 9.39. The van der Waals surface area contributed by atoms with Crippen molar-refractivity contribution in [2.24, 2.45) is 5.92 Å². The third-order valence-corrected chi connectivity index (χ3v) is 6.90. The quantitative estimate of drug-likeness (QED) is 0.450. The average Bonchev–Trinajstić information content (AvgIpc) is 3.56. The second-order valence-corrected chi connectivity index (χ2v) is 9.39. The Balaban J connectivity index is 1.13. The van der Waals surface area contributed by atoms with Crippen LogP contribution >= 0.6 is 0 Å². The van der Waals surface area contributed by atoms with E-state index >= 15 is 0 Å². The number of pyridine rings is 2. The van der Waals surface area contributed by atoms with E-state index < -0.39 is 0 Å². The summed E-state index contributed by atoms with van der Waals surface area (Å²) in [5.41, 5.74) is 6.20. The van der Waals surface area contributed by atoms with E-state index in [2.05, 4.69) is 60.5 Å². The van der Waals surface area contributed by atoms with Crippen LogP contribution in [-0.4, -0.2) is 49.0 Å². The number of nitrogens with one attached hydrogen (secondary N) is 1. The Morgan fingerprint density at radius 2 is 1.91 bits per heavy atom. The summed E-state index contributed by atoms with van der Waals surface area (Å²) in [6, 6.07) is 6.41. The number of rotatable bonds is 8. The van der Waals surface area contributed by atoms with Gasteiger partial charge in [-0.25, -0.2) is 9.67 Å². The maximum atomic E-state index is 4.76. The Hall–Kier alpha value is -3.26. The van der Waals surface area contributed by atoms with Crippen LogP contribution in [0.1, 0.15) is 43.4 Å². The van der Waals surface area contributed by atoms with Gasteiger partial charge >= 0.3 is 0 Å². The normalized spacial score (nSPS) is 16.5. The molecular formula is C25H30N8. The topological polar surface area (TPSA) is 76.2 Å². The van der Waals surface area contributed by atoms with Gasteiger partial charge in [0, 0.05) is 43.8 Å². The molecule has 0 amide bonds. The van der Waals surface area contributed by atoms with E-state index in [4.69, 9.17) is 4.98 Å². The third-order valence-electron chi connectivity index (χ3n) is 6.90. The van der Waals surface area contributed by atoms with Crippen molar-refractivity contribution >= 4 is 11.3 Å². The first kappa shape index (κ1) is 20.4. The van der Waals surface area contributed by atoms with Gasteiger partial charge in [-0.15, -0.1) is 5.10 Å². The highest BCUT2D eigenvalue weighted by molar-refractivity contribution is 5.63. The molecule has 1 saturated heterocycles. The molecule has 4 aromatic rings. The molecule has 6 rings (SSSR count). The van der Waals surface area contributed by atoms with Crippen molar-refractivity contribution in [3.63, 3.8) is 0 Å². The summed E-state index contributed by atoms with van der Waals surface area (Å²) in [4.78, 5) is 11.6. The fourth-order valence-corrected chi connectivity index (χ4v) is 4.78. The standard InChI is InChI=1S/C25H30N8/c1-2-9-31(8-1)23-10-21(13-27-14-23)24-18-33(30-29-24)17-22-16-32-15-20(6-7-25(32)28-22)12-26-11-19-4-3-5-19/h6-7,10,13-16,18-19,26H,1-5,8-9,11-12,17H2. The molecule has 8 heteroatoms. The van der Waals surface area contributed by atoms with E-state index in [1.165, 1.54) is 37.7 Å². The Bertz CT molecular complexity index is 1230. The Kier molecular flexibility index (Phi) is 5.51. The van der Waals surface area contributed by atoms with Crippen molar-refractivity contribution in [2.75, 3.05) is 24.5 Å². The molecule has 33 heavy (non-hydrogen) atoms. The van der Waals surface area contributed by atoms with Crippen LogP contribution < -0.4 is 10.2 Å². The number of hydrogen-bond acceptors (Lipinski definition) is 6. The van der Waals surface area contributed by atoms with Crippen LogP contribution in [0.25, 0.3) is 16.9 Å². The predicted molar refractivity (Wildman–Crippen MR) is 128 cm³/mol. The maximum absolute atomic E-state index is 4.76. The number of fused-ring (bicyclic) bond motifs is 1. The summed E-state index contributed by atoms with van der Waals surface area (Å²) in [5, 5.41) is 12.3. The first-order valence-electron chi connectivity index (χ1n) is 12.1. The first-order valence-corrected chi connectivity index (χ1v) is 12.1. The zero-order chi connectivity index (χ0) is 22.0. The molecule has 0 aromatic carbocycles. The van der Waals surface area contributed by atoms with Crippen molar-refractivity contribution in [3.8, 4) is 11.3 Å². The summed E-state index contributed by atoms with van der Waals surface area (Å²) in [6.07, 6.45) is 16.7. The molecular weight excluding hydrogens is 412 g/mol. The van der Waals surface area contributed by atoms with Crippen LogP contribution in [0.5, 0.6) is 0 Å². The maximum Gasteiger partial charge on any atom is 0.137 e. The number of imidazole rings is 1. The lowest BCUT2D eigenvalue weighted by Crippen LogP contribution is -2.26. The highest BCUT2D eigenvalue weighted by Gasteiger charge is 2.16. The fraction of sp³-hybridized carbons (Fsp3) is 0.440. The smallest absolute Gasteiger partial charge is 0.137 e. The molecule has 1 saturated carbocycles. The van der Waals surface area contributed by atoms with E-state index in [9.17, 15) is 0 Å². The van der Waals surface area contributed by atoms with Crippen LogP contribution in [0.4, 0.5) is 5.69 Å². The minimum absolute atomic E-state index is 0.586. The highest BCUT2D eigenvalue weighted by atomic mass is 15.4. The van der Waals surface area contributed by atoms with Crippen LogP contribution in [-0.2, 0) is 13.1 Å². The number of anilines is 1. The zero-order valence-electron chi connectivity index (χ0n) is 18.9. The van der Waals surface area contributed by atoms with Crippen molar-refractivity contribution in [1.29, 1.82) is 0 Å². The number of aromatic nitrogens is 6. The van der Waals surface area contributed by atoms with Crippen molar-refractivity contribution in [2.45, 2.75) is 45.2 Å². The van der Waals surface area contributed by atoms with Gasteiger partial charge in [0.2, 0.25) is 0 Å². The lowest BCUT2D eigenvalue weighted by atomic mass is 9.85. The van der Waals surface area contributed by atoms with Gasteiger partial charge in [-0.05, 0) is 55.8 Å². The molecule has 5 heterocycles. The predicted octanol–water partition coefficient (Wildman–Crippen LogP) is 3.53. The lowest BCUT2D eigenvalue weighted by Gasteiger charge is -2.25.